The Labute approximate surface area is 127 Å². The van der Waals surface area contributed by atoms with Crippen LogP contribution in [0, 0.1) is 0 Å². The fourth-order valence-corrected chi connectivity index (χ4v) is 2.21. The molecule has 4 heteroatoms. The third kappa shape index (κ3) is 8.48. The summed E-state index contributed by atoms with van der Waals surface area (Å²) >= 11 is 0. The number of benzene rings is 1. The second kappa shape index (κ2) is 11.3. The van der Waals surface area contributed by atoms with Gasteiger partial charge in [0.15, 0.2) is 0 Å². The monoisotopic (exact) mass is 293 g/mol. The highest BCUT2D eigenvalue weighted by Crippen LogP contribution is 2.04. The van der Waals surface area contributed by atoms with E-state index in [2.05, 4.69) is 17.4 Å². The second-order valence-electron chi connectivity index (χ2n) is 5.14. The minimum absolute atomic E-state index is 0.0949. The fraction of sp³-hybridized carbons (Fsp3) is 0.588. The van der Waals surface area contributed by atoms with Gasteiger partial charge in [-0.15, -0.1) is 0 Å². The summed E-state index contributed by atoms with van der Waals surface area (Å²) in [4.78, 5) is 11.2. The molecule has 0 amide bonds. The average molecular weight is 293 g/mol. The highest BCUT2D eigenvalue weighted by Gasteiger charge is 2.07. The summed E-state index contributed by atoms with van der Waals surface area (Å²) in [6, 6.07) is 10.3. The summed E-state index contributed by atoms with van der Waals surface area (Å²) in [5, 5.41) is 12.8. The zero-order valence-corrected chi connectivity index (χ0v) is 12.9. The Bertz CT molecular complexity index is 381. The first kappa shape index (κ1) is 17.7. The molecule has 118 valence electrons. The number of rotatable bonds is 11. The van der Waals surface area contributed by atoms with Gasteiger partial charge in [0.2, 0.25) is 0 Å². The molecule has 4 nitrogen and oxygen atoms in total. The first-order valence-electron chi connectivity index (χ1n) is 7.80. The van der Waals surface area contributed by atoms with Crippen molar-refractivity contribution in [2.45, 2.75) is 45.1 Å². The Hall–Kier alpha value is -1.39. The van der Waals surface area contributed by atoms with Crippen molar-refractivity contribution in [3.8, 4) is 0 Å². The predicted molar refractivity (Wildman–Crippen MR) is 84.1 cm³/mol. The zero-order valence-electron chi connectivity index (χ0n) is 12.9. The van der Waals surface area contributed by atoms with Gasteiger partial charge in [-0.25, -0.2) is 0 Å². The van der Waals surface area contributed by atoms with Crippen molar-refractivity contribution in [2.75, 3.05) is 19.8 Å². The van der Waals surface area contributed by atoms with Gasteiger partial charge in [-0.2, -0.15) is 0 Å². The number of ether oxygens (including phenoxy) is 1. The molecule has 0 fully saturated rings. The molecular formula is C17H27NO3. The Balaban J connectivity index is 2.08. The van der Waals surface area contributed by atoms with E-state index in [9.17, 15) is 9.90 Å². The number of unbranched alkanes of at least 4 members (excludes halogenated alkanes) is 2. The van der Waals surface area contributed by atoms with E-state index in [0.717, 1.165) is 32.2 Å². The molecule has 2 N–H and O–H groups in total. The van der Waals surface area contributed by atoms with Crippen LogP contribution >= 0.6 is 0 Å². The van der Waals surface area contributed by atoms with E-state index >= 15 is 0 Å². The lowest BCUT2D eigenvalue weighted by atomic mass is 10.1. The molecule has 0 aromatic heterocycles. The Morgan fingerprint density at radius 2 is 2.00 bits per heavy atom. The maximum Gasteiger partial charge on any atom is 0.305 e. The van der Waals surface area contributed by atoms with E-state index in [1.807, 2.05) is 25.1 Å². The predicted octanol–water partition coefficient (Wildman–Crippen LogP) is 2.30. The van der Waals surface area contributed by atoms with Crippen molar-refractivity contribution in [1.29, 1.82) is 0 Å². The summed E-state index contributed by atoms with van der Waals surface area (Å²) in [5.74, 6) is -0.109. The summed E-state index contributed by atoms with van der Waals surface area (Å²) < 4.78 is 4.88. The molecule has 0 bridgehead atoms. The lowest BCUT2D eigenvalue weighted by Gasteiger charge is -2.16. The van der Waals surface area contributed by atoms with Crippen LogP contribution in [0.15, 0.2) is 30.3 Å². The third-order valence-corrected chi connectivity index (χ3v) is 3.34. The number of aliphatic hydroxyl groups excluding tert-OH is 1. The van der Waals surface area contributed by atoms with Crippen molar-refractivity contribution in [3.05, 3.63) is 35.9 Å². The van der Waals surface area contributed by atoms with Crippen LogP contribution in [0.2, 0.25) is 0 Å². The lowest BCUT2D eigenvalue weighted by Crippen LogP contribution is -2.35. The van der Waals surface area contributed by atoms with Gasteiger partial charge >= 0.3 is 5.97 Å². The molecule has 0 aliphatic rings. The van der Waals surface area contributed by atoms with Gasteiger partial charge in [0.1, 0.15) is 0 Å². The molecule has 1 aromatic rings. The first-order chi connectivity index (χ1) is 10.3. The quantitative estimate of drug-likeness (QED) is 0.485. The van der Waals surface area contributed by atoms with Crippen molar-refractivity contribution in [1.82, 2.24) is 5.32 Å². The third-order valence-electron chi connectivity index (χ3n) is 3.34. The lowest BCUT2D eigenvalue weighted by molar-refractivity contribution is -0.143. The van der Waals surface area contributed by atoms with Crippen molar-refractivity contribution in [2.24, 2.45) is 0 Å². The van der Waals surface area contributed by atoms with Crippen LogP contribution < -0.4 is 5.32 Å². The van der Waals surface area contributed by atoms with Crippen LogP contribution in [0.1, 0.15) is 38.2 Å². The minimum atomic E-state index is -0.109. The molecule has 0 saturated heterocycles. The topological polar surface area (TPSA) is 58.6 Å². The minimum Gasteiger partial charge on any atom is -0.466 e. The molecule has 0 aliphatic carbocycles. The molecular weight excluding hydrogens is 266 g/mol. The summed E-state index contributed by atoms with van der Waals surface area (Å²) in [6.07, 6.45) is 4.20. The largest absolute Gasteiger partial charge is 0.466 e. The normalized spacial score (nSPS) is 12.1. The van der Waals surface area contributed by atoms with E-state index in [1.54, 1.807) is 0 Å². The van der Waals surface area contributed by atoms with Crippen molar-refractivity contribution in [3.63, 3.8) is 0 Å². The number of nitrogens with one attached hydrogen (secondary N) is 1. The average Bonchev–Trinajstić information content (AvgIpc) is 2.50. The van der Waals surface area contributed by atoms with Crippen molar-refractivity contribution < 1.29 is 14.6 Å². The number of carbonyl (C=O) groups excluding carboxylic acids is 1. The van der Waals surface area contributed by atoms with Crippen LogP contribution in [0.25, 0.3) is 0 Å². The van der Waals surface area contributed by atoms with E-state index in [1.165, 1.54) is 5.56 Å². The molecule has 0 spiro atoms. The highest BCUT2D eigenvalue weighted by molar-refractivity contribution is 5.69. The smallest absolute Gasteiger partial charge is 0.305 e. The van der Waals surface area contributed by atoms with Gasteiger partial charge < -0.3 is 15.2 Å². The van der Waals surface area contributed by atoms with Gasteiger partial charge in [0.25, 0.3) is 0 Å². The van der Waals surface area contributed by atoms with E-state index in [0.29, 0.717) is 13.0 Å². The van der Waals surface area contributed by atoms with Gasteiger partial charge in [-0.3, -0.25) is 4.79 Å². The van der Waals surface area contributed by atoms with Gasteiger partial charge in [-0.05, 0) is 38.3 Å². The van der Waals surface area contributed by atoms with E-state index < -0.39 is 0 Å². The number of aliphatic hydroxyl groups is 1. The second-order valence-corrected chi connectivity index (χ2v) is 5.14. The molecule has 21 heavy (non-hydrogen) atoms. The van der Waals surface area contributed by atoms with E-state index in [4.69, 9.17) is 4.74 Å². The molecule has 1 aromatic carbocycles. The van der Waals surface area contributed by atoms with Crippen LogP contribution in [0.5, 0.6) is 0 Å². The van der Waals surface area contributed by atoms with Crippen LogP contribution in [0.4, 0.5) is 0 Å². The van der Waals surface area contributed by atoms with Crippen molar-refractivity contribution >= 4 is 5.97 Å². The standard InChI is InChI=1S/C17H27NO3/c1-2-21-17(20)11-7-4-8-12-18-16(14-19)13-15-9-5-3-6-10-15/h3,5-6,9-10,16,18-19H,2,4,7-8,11-14H2,1H3. The molecule has 1 unspecified atom stereocenters. The maximum absolute atomic E-state index is 11.2. The van der Waals surface area contributed by atoms with Crippen LogP contribution in [-0.4, -0.2) is 36.9 Å². The highest BCUT2D eigenvalue weighted by atomic mass is 16.5. The zero-order chi connectivity index (χ0) is 15.3. The molecule has 0 radical (unpaired) electrons. The van der Waals surface area contributed by atoms with Gasteiger partial charge in [-0.1, -0.05) is 36.8 Å². The summed E-state index contributed by atoms with van der Waals surface area (Å²) in [6.45, 7) is 3.28. The summed E-state index contributed by atoms with van der Waals surface area (Å²) in [5.41, 5.74) is 1.23. The number of hydrogen-bond acceptors (Lipinski definition) is 4. The summed E-state index contributed by atoms with van der Waals surface area (Å²) in [7, 11) is 0. The molecule has 0 aliphatic heterocycles. The fourth-order valence-electron chi connectivity index (χ4n) is 2.21. The maximum atomic E-state index is 11.2. The number of carbonyl (C=O) groups is 1. The molecule has 1 atom stereocenters. The number of esters is 1. The Morgan fingerprint density at radius 3 is 2.67 bits per heavy atom. The van der Waals surface area contributed by atoms with Gasteiger partial charge in [0.05, 0.1) is 13.2 Å². The van der Waals surface area contributed by atoms with Crippen LogP contribution in [-0.2, 0) is 16.0 Å². The molecule has 0 saturated carbocycles. The van der Waals surface area contributed by atoms with Gasteiger partial charge in [0, 0.05) is 12.5 Å². The number of hydrogen-bond donors (Lipinski definition) is 2. The molecule has 1 rings (SSSR count). The first-order valence-corrected chi connectivity index (χ1v) is 7.80. The van der Waals surface area contributed by atoms with E-state index in [-0.39, 0.29) is 18.6 Å². The Kier molecular flexibility index (Phi) is 9.49. The molecule has 0 heterocycles. The Morgan fingerprint density at radius 1 is 1.24 bits per heavy atom. The SMILES string of the molecule is CCOC(=O)CCCCCNC(CO)Cc1ccccc1. The van der Waals surface area contributed by atoms with Crippen LogP contribution in [0.3, 0.4) is 0 Å².